The normalized spacial score (nSPS) is 14.3. The van der Waals surface area contributed by atoms with Crippen molar-refractivity contribution in [1.29, 1.82) is 0 Å². The van der Waals surface area contributed by atoms with E-state index in [1.165, 1.54) is 12.1 Å². The predicted octanol–water partition coefficient (Wildman–Crippen LogP) is 4.79. The number of anilines is 1. The fourth-order valence-corrected chi connectivity index (χ4v) is 4.26. The molecule has 1 aliphatic rings. The summed E-state index contributed by atoms with van der Waals surface area (Å²) >= 11 is 6.60. The summed E-state index contributed by atoms with van der Waals surface area (Å²) in [6.07, 6.45) is 3.65. The molecule has 5 rings (SSSR count). The highest BCUT2D eigenvalue weighted by atomic mass is 35.5. The summed E-state index contributed by atoms with van der Waals surface area (Å²) in [6, 6.07) is 14.5. The molecule has 0 atom stereocenters. The van der Waals surface area contributed by atoms with Crippen molar-refractivity contribution in [1.82, 2.24) is 14.5 Å². The van der Waals surface area contributed by atoms with Crippen molar-refractivity contribution in [2.24, 2.45) is 0 Å². The molecule has 2 aromatic carbocycles. The molecule has 0 amide bonds. The summed E-state index contributed by atoms with van der Waals surface area (Å²) in [6.45, 7) is 2.76. The average molecular weight is 423 g/mol. The van der Waals surface area contributed by atoms with Crippen LogP contribution in [0.2, 0.25) is 5.02 Å². The van der Waals surface area contributed by atoms with E-state index >= 15 is 0 Å². The Morgan fingerprint density at radius 3 is 2.90 bits per heavy atom. The van der Waals surface area contributed by atoms with Gasteiger partial charge in [-0.2, -0.15) is 0 Å². The molecule has 7 heteroatoms. The second-order valence-electron chi connectivity index (χ2n) is 7.45. The van der Waals surface area contributed by atoms with Gasteiger partial charge in [0.05, 0.1) is 10.5 Å². The quantitative estimate of drug-likeness (QED) is 0.515. The van der Waals surface area contributed by atoms with Crippen LogP contribution in [0.4, 0.5) is 10.2 Å². The Bertz CT molecular complexity index is 1240. The molecule has 4 aromatic rings. The van der Waals surface area contributed by atoms with Gasteiger partial charge in [0.25, 0.3) is 0 Å². The van der Waals surface area contributed by atoms with Crippen molar-refractivity contribution < 1.29 is 9.13 Å². The number of aromatic nitrogens is 2. The van der Waals surface area contributed by atoms with Gasteiger partial charge in [-0.15, -0.1) is 0 Å². The third-order valence-corrected chi connectivity index (χ3v) is 5.62. The minimum atomic E-state index is -0.249. The lowest BCUT2D eigenvalue weighted by atomic mass is 10.1. The standard InChI is InChI=1S/C23H20ClFN4O/c24-20-12-19(29-6-4-16-10-18(25)1-2-21(16)29)11-17-14-28(7-8-30-23(17)20)13-15-3-5-27-22(26)9-15/h1-6,9-12H,7-8,13-14H2,(H2,26,27). The molecule has 0 spiro atoms. The molecule has 0 fully saturated rings. The van der Waals surface area contributed by atoms with Crippen LogP contribution in [-0.2, 0) is 13.1 Å². The molecule has 152 valence electrons. The summed E-state index contributed by atoms with van der Waals surface area (Å²) in [7, 11) is 0. The van der Waals surface area contributed by atoms with E-state index in [9.17, 15) is 4.39 Å². The Kier molecular flexibility index (Phi) is 4.81. The van der Waals surface area contributed by atoms with Gasteiger partial charge in [0.15, 0.2) is 0 Å². The lowest BCUT2D eigenvalue weighted by Crippen LogP contribution is -2.25. The number of benzene rings is 2. The van der Waals surface area contributed by atoms with E-state index < -0.39 is 0 Å². The minimum Gasteiger partial charge on any atom is -0.490 e. The Labute approximate surface area is 178 Å². The molecular weight excluding hydrogens is 403 g/mol. The summed E-state index contributed by atoms with van der Waals surface area (Å²) in [5.74, 6) is 0.987. The molecular formula is C23H20ClFN4O. The van der Waals surface area contributed by atoms with Gasteiger partial charge < -0.3 is 15.0 Å². The fourth-order valence-electron chi connectivity index (χ4n) is 3.97. The third-order valence-electron chi connectivity index (χ3n) is 5.34. The average Bonchev–Trinajstić information content (AvgIpc) is 3.01. The lowest BCUT2D eigenvalue weighted by molar-refractivity contribution is 0.219. The Hall–Kier alpha value is -3.09. The predicted molar refractivity (Wildman–Crippen MR) is 117 cm³/mol. The maximum Gasteiger partial charge on any atom is 0.142 e. The highest BCUT2D eigenvalue weighted by molar-refractivity contribution is 6.32. The molecule has 0 unspecified atom stereocenters. The second-order valence-corrected chi connectivity index (χ2v) is 7.86. The first-order valence-corrected chi connectivity index (χ1v) is 10.1. The van der Waals surface area contributed by atoms with Crippen LogP contribution in [0.15, 0.2) is 60.9 Å². The van der Waals surface area contributed by atoms with E-state index in [-0.39, 0.29) is 5.82 Å². The first-order valence-electron chi connectivity index (χ1n) is 9.72. The van der Waals surface area contributed by atoms with E-state index in [1.807, 2.05) is 35.0 Å². The van der Waals surface area contributed by atoms with E-state index in [1.54, 1.807) is 12.3 Å². The van der Waals surface area contributed by atoms with Gasteiger partial charge in [0, 0.05) is 48.7 Å². The molecule has 1 aliphatic heterocycles. The first kappa shape index (κ1) is 18.9. The van der Waals surface area contributed by atoms with Crippen molar-refractivity contribution in [3.05, 3.63) is 82.9 Å². The van der Waals surface area contributed by atoms with E-state index in [0.717, 1.165) is 46.6 Å². The second kappa shape index (κ2) is 7.63. The Morgan fingerprint density at radius 1 is 1.13 bits per heavy atom. The first-order chi connectivity index (χ1) is 14.6. The van der Waals surface area contributed by atoms with Crippen LogP contribution < -0.4 is 10.5 Å². The van der Waals surface area contributed by atoms with Gasteiger partial charge in [-0.25, -0.2) is 9.37 Å². The number of halogens is 2. The topological polar surface area (TPSA) is 56.3 Å². The number of rotatable bonds is 3. The zero-order chi connectivity index (χ0) is 20.7. The van der Waals surface area contributed by atoms with Gasteiger partial charge >= 0.3 is 0 Å². The molecule has 3 heterocycles. The molecule has 0 bridgehead atoms. The van der Waals surface area contributed by atoms with E-state index in [4.69, 9.17) is 22.1 Å². The summed E-state index contributed by atoms with van der Waals surface area (Å²) < 4.78 is 21.6. The summed E-state index contributed by atoms with van der Waals surface area (Å²) in [5.41, 5.74) is 9.78. The minimum absolute atomic E-state index is 0.249. The third kappa shape index (κ3) is 3.60. The smallest absolute Gasteiger partial charge is 0.142 e. The van der Waals surface area contributed by atoms with Crippen molar-refractivity contribution in [3.63, 3.8) is 0 Å². The van der Waals surface area contributed by atoms with E-state index in [2.05, 4.69) is 16.0 Å². The highest BCUT2D eigenvalue weighted by Gasteiger charge is 2.20. The van der Waals surface area contributed by atoms with Crippen molar-refractivity contribution in [2.45, 2.75) is 13.1 Å². The van der Waals surface area contributed by atoms with Crippen LogP contribution in [0, 0.1) is 5.82 Å². The van der Waals surface area contributed by atoms with Crippen LogP contribution in [0.1, 0.15) is 11.1 Å². The number of nitrogen functional groups attached to an aromatic ring is 1. The molecule has 2 aromatic heterocycles. The maximum atomic E-state index is 13.6. The number of nitrogens with zero attached hydrogens (tertiary/aromatic N) is 3. The largest absolute Gasteiger partial charge is 0.490 e. The van der Waals surface area contributed by atoms with Crippen LogP contribution in [-0.4, -0.2) is 27.6 Å². The number of hydrogen-bond acceptors (Lipinski definition) is 4. The lowest BCUT2D eigenvalue weighted by Gasteiger charge is -2.20. The van der Waals surface area contributed by atoms with Gasteiger partial charge in [0.2, 0.25) is 0 Å². The number of pyridine rings is 1. The highest BCUT2D eigenvalue weighted by Crippen LogP contribution is 2.35. The van der Waals surface area contributed by atoms with Crippen molar-refractivity contribution in [2.75, 3.05) is 18.9 Å². The monoisotopic (exact) mass is 422 g/mol. The molecule has 30 heavy (non-hydrogen) atoms. The maximum absolute atomic E-state index is 13.6. The Morgan fingerprint density at radius 2 is 2.03 bits per heavy atom. The molecule has 5 nitrogen and oxygen atoms in total. The zero-order valence-corrected chi connectivity index (χ0v) is 16.9. The van der Waals surface area contributed by atoms with Crippen molar-refractivity contribution >= 4 is 28.3 Å². The molecule has 0 radical (unpaired) electrons. The van der Waals surface area contributed by atoms with Crippen LogP contribution >= 0.6 is 11.6 Å². The fraction of sp³-hybridized carbons (Fsp3) is 0.174. The number of hydrogen-bond donors (Lipinski definition) is 1. The number of fused-ring (bicyclic) bond motifs is 2. The van der Waals surface area contributed by atoms with Gasteiger partial charge in [0.1, 0.15) is 24.0 Å². The summed E-state index contributed by atoms with van der Waals surface area (Å²) in [4.78, 5) is 6.36. The Balaban J connectivity index is 1.50. The van der Waals surface area contributed by atoms with Crippen LogP contribution in [0.25, 0.3) is 16.6 Å². The number of nitrogens with two attached hydrogens (primary N) is 1. The van der Waals surface area contributed by atoms with Crippen LogP contribution in [0.3, 0.4) is 0 Å². The summed E-state index contributed by atoms with van der Waals surface area (Å²) in [5, 5.41) is 1.41. The van der Waals surface area contributed by atoms with Gasteiger partial charge in [-0.1, -0.05) is 11.6 Å². The zero-order valence-electron chi connectivity index (χ0n) is 16.2. The van der Waals surface area contributed by atoms with Crippen molar-refractivity contribution in [3.8, 4) is 11.4 Å². The van der Waals surface area contributed by atoms with Crippen LogP contribution in [0.5, 0.6) is 5.75 Å². The van der Waals surface area contributed by atoms with Gasteiger partial charge in [-0.3, -0.25) is 4.90 Å². The van der Waals surface area contributed by atoms with Gasteiger partial charge in [-0.05, 0) is 54.1 Å². The molecule has 0 saturated carbocycles. The van der Waals surface area contributed by atoms with E-state index in [0.29, 0.717) is 24.0 Å². The molecule has 0 aliphatic carbocycles. The number of ether oxygens (including phenoxy) is 1. The molecule has 2 N–H and O–H groups in total. The SMILES string of the molecule is Nc1cc(CN2CCOc3c(Cl)cc(-n4ccc5cc(F)ccc54)cc3C2)ccn1. The molecule has 0 saturated heterocycles.